The van der Waals surface area contributed by atoms with Crippen LogP contribution in [0.3, 0.4) is 0 Å². The fourth-order valence-electron chi connectivity index (χ4n) is 11.6. The van der Waals surface area contributed by atoms with Crippen molar-refractivity contribution < 1.29 is 49.3 Å². The van der Waals surface area contributed by atoms with Crippen LogP contribution in [0.2, 0.25) is 0 Å². The lowest BCUT2D eigenvalue weighted by molar-refractivity contribution is -0.305. The molecule has 0 spiro atoms. The Labute approximate surface area is 529 Å². The lowest BCUT2D eigenvalue weighted by Crippen LogP contribution is -2.61. The number of carbonyl (C=O) groups is 2. The van der Waals surface area contributed by atoms with Crippen molar-refractivity contribution in [2.24, 2.45) is 0 Å². The molecule has 1 aliphatic rings. The van der Waals surface area contributed by atoms with Gasteiger partial charge >= 0.3 is 5.97 Å². The second kappa shape index (κ2) is 62.8. The molecule has 504 valence electrons. The Balaban J connectivity index is 2.52. The van der Waals surface area contributed by atoms with Crippen LogP contribution in [0.1, 0.15) is 355 Å². The number of aliphatic hydroxyl groups is 5. The van der Waals surface area contributed by atoms with E-state index in [2.05, 4.69) is 62.5 Å². The van der Waals surface area contributed by atoms with E-state index in [4.69, 9.17) is 14.2 Å². The summed E-state index contributed by atoms with van der Waals surface area (Å²) in [5, 5.41) is 57.3. The van der Waals surface area contributed by atoms with E-state index in [1.165, 1.54) is 238 Å². The third kappa shape index (κ3) is 49.4. The third-order valence-corrected chi connectivity index (χ3v) is 17.5. The highest BCUT2D eigenvalue weighted by Crippen LogP contribution is 2.26. The summed E-state index contributed by atoms with van der Waals surface area (Å²) in [4.78, 5) is 26.7. The molecule has 86 heavy (non-hydrogen) atoms. The molecule has 1 fully saturated rings. The molecule has 0 saturated carbocycles. The van der Waals surface area contributed by atoms with Crippen LogP contribution in [0.4, 0.5) is 0 Å². The van der Waals surface area contributed by atoms with Gasteiger partial charge in [0.25, 0.3) is 0 Å². The van der Waals surface area contributed by atoms with E-state index in [1.807, 2.05) is 6.08 Å². The lowest BCUT2D eigenvalue weighted by Gasteiger charge is -2.41. The predicted molar refractivity (Wildman–Crippen MR) is 361 cm³/mol. The van der Waals surface area contributed by atoms with Gasteiger partial charge in [0.2, 0.25) is 5.91 Å². The van der Waals surface area contributed by atoms with E-state index in [1.54, 1.807) is 6.08 Å². The minimum absolute atomic E-state index is 0.126. The zero-order chi connectivity index (χ0) is 62.4. The molecule has 0 aromatic rings. The standard InChI is InChI=1S/C75H139NO10/c1-4-7-10-13-16-19-22-25-27-29-31-32-33-34-35-36-37-38-39-41-43-45-48-51-54-57-60-63-70(80)86-73-72(82)71(81)69(64-77)85-75(73)84-65-66(67(78)61-58-55-52-49-46-24-21-18-15-12-9-6-3)76-74(83)68(79)62-59-56-53-50-47-44-42-40-30-28-26-23-20-17-14-11-8-5-2/h16,19,25-28,58,61,66-69,71-73,75,77-79,81-82H,4-15,17-18,20-24,29-57,59-60,62-65H2,1-3H3,(H,76,83)/b19-16-,27-25-,28-26+,61-58+. The molecule has 8 unspecified atom stereocenters. The van der Waals surface area contributed by atoms with Gasteiger partial charge < -0.3 is 45.1 Å². The highest BCUT2D eigenvalue weighted by atomic mass is 16.7. The van der Waals surface area contributed by atoms with Gasteiger partial charge in [0.1, 0.15) is 24.4 Å². The van der Waals surface area contributed by atoms with Crippen molar-refractivity contribution in [3.05, 3.63) is 48.6 Å². The van der Waals surface area contributed by atoms with E-state index in [0.717, 1.165) is 70.6 Å². The number of hydrogen-bond acceptors (Lipinski definition) is 10. The lowest BCUT2D eigenvalue weighted by atomic mass is 9.99. The van der Waals surface area contributed by atoms with Gasteiger partial charge in [-0.05, 0) is 83.5 Å². The van der Waals surface area contributed by atoms with Crippen molar-refractivity contribution in [2.45, 2.75) is 404 Å². The van der Waals surface area contributed by atoms with Crippen molar-refractivity contribution in [1.82, 2.24) is 5.32 Å². The Morgan fingerprint density at radius 2 is 0.802 bits per heavy atom. The highest BCUT2D eigenvalue weighted by Gasteiger charge is 2.47. The van der Waals surface area contributed by atoms with Gasteiger partial charge in [0.15, 0.2) is 12.4 Å². The maximum atomic E-state index is 13.5. The topological polar surface area (TPSA) is 175 Å². The first-order valence-electron chi connectivity index (χ1n) is 36.9. The highest BCUT2D eigenvalue weighted by molar-refractivity contribution is 5.80. The largest absolute Gasteiger partial charge is 0.454 e. The first-order valence-corrected chi connectivity index (χ1v) is 36.9. The van der Waals surface area contributed by atoms with Crippen molar-refractivity contribution >= 4 is 11.9 Å². The first-order chi connectivity index (χ1) is 42.2. The van der Waals surface area contributed by atoms with E-state index in [-0.39, 0.29) is 13.0 Å². The average Bonchev–Trinajstić information content (AvgIpc) is 2.65. The minimum atomic E-state index is -1.61. The molecular weight excluding hydrogens is 1070 g/mol. The summed E-state index contributed by atoms with van der Waals surface area (Å²) in [5.74, 6) is -1.18. The quantitative estimate of drug-likeness (QED) is 0.0195. The molecule has 0 aromatic carbocycles. The normalized spacial score (nSPS) is 18.5. The molecule has 0 radical (unpaired) electrons. The molecule has 6 N–H and O–H groups in total. The van der Waals surface area contributed by atoms with Crippen LogP contribution in [0.5, 0.6) is 0 Å². The van der Waals surface area contributed by atoms with Crippen LogP contribution in [-0.2, 0) is 23.8 Å². The summed E-state index contributed by atoms with van der Waals surface area (Å²) >= 11 is 0. The van der Waals surface area contributed by atoms with Crippen LogP contribution in [0.15, 0.2) is 48.6 Å². The molecule has 11 nitrogen and oxygen atoms in total. The summed E-state index contributed by atoms with van der Waals surface area (Å²) in [6.45, 7) is 5.81. The van der Waals surface area contributed by atoms with E-state index in [9.17, 15) is 35.1 Å². The Kier molecular flexibility index (Phi) is 59.6. The van der Waals surface area contributed by atoms with Crippen LogP contribution >= 0.6 is 0 Å². The maximum absolute atomic E-state index is 13.5. The molecule has 1 aliphatic heterocycles. The summed E-state index contributed by atoms with van der Waals surface area (Å²) in [6, 6.07) is -1.02. The minimum Gasteiger partial charge on any atom is -0.454 e. The Morgan fingerprint density at radius 3 is 1.22 bits per heavy atom. The number of esters is 1. The van der Waals surface area contributed by atoms with Gasteiger partial charge in [-0.25, -0.2) is 0 Å². The second-order valence-electron chi connectivity index (χ2n) is 25.7. The average molecular weight is 1210 g/mol. The number of unbranched alkanes of at least 4 members (excludes halogenated alkanes) is 44. The van der Waals surface area contributed by atoms with Gasteiger partial charge in [-0.3, -0.25) is 9.59 Å². The summed E-state index contributed by atoms with van der Waals surface area (Å²) in [5.41, 5.74) is 0. The first kappa shape index (κ1) is 81.6. The number of aliphatic hydroxyl groups excluding tert-OH is 5. The molecule has 0 bridgehead atoms. The second-order valence-corrected chi connectivity index (χ2v) is 25.7. The molecule has 1 rings (SSSR count). The van der Waals surface area contributed by atoms with Crippen molar-refractivity contribution in [3.63, 3.8) is 0 Å². The number of carbonyl (C=O) groups excluding carboxylic acids is 2. The van der Waals surface area contributed by atoms with Gasteiger partial charge in [-0.15, -0.1) is 0 Å². The monoisotopic (exact) mass is 1210 g/mol. The smallest absolute Gasteiger partial charge is 0.306 e. The maximum Gasteiger partial charge on any atom is 0.306 e. The van der Waals surface area contributed by atoms with E-state index >= 15 is 0 Å². The van der Waals surface area contributed by atoms with Gasteiger partial charge in [0, 0.05) is 6.42 Å². The van der Waals surface area contributed by atoms with E-state index in [0.29, 0.717) is 19.3 Å². The number of rotatable bonds is 64. The van der Waals surface area contributed by atoms with Gasteiger partial charge in [-0.2, -0.15) is 0 Å². The van der Waals surface area contributed by atoms with Gasteiger partial charge in [-0.1, -0.05) is 313 Å². The number of allylic oxidation sites excluding steroid dienone is 7. The fourth-order valence-corrected chi connectivity index (χ4v) is 11.6. The zero-order valence-corrected chi connectivity index (χ0v) is 56.2. The molecule has 8 atom stereocenters. The van der Waals surface area contributed by atoms with Crippen LogP contribution in [0.25, 0.3) is 0 Å². The predicted octanol–water partition coefficient (Wildman–Crippen LogP) is 19.1. The molecule has 1 heterocycles. The van der Waals surface area contributed by atoms with Crippen LogP contribution < -0.4 is 5.32 Å². The summed E-state index contributed by atoms with van der Waals surface area (Å²) in [6.07, 6.45) is 68.7. The van der Waals surface area contributed by atoms with Crippen molar-refractivity contribution in [1.29, 1.82) is 0 Å². The van der Waals surface area contributed by atoms with E-state index < -0.39 is 67.4 Å². The summed E-state index contributed by atoms with van der Waals surface area (Å²) < 4.78 is 17.7. The number of amides is 1. The molecular formula is C75H139NO10. The van der Waals surface area contributed by atoms with Crippen LogP contribution in [0, 0.1) is 0 Å². The molecule has 0 aliphatic carbocycles. The zero-order valence-electron chi connectivity index (χ0n) is 56.2. The third-order valence-electron chi connectivity index (χ3n) is 17.5. The molecule has 1 amide bonds. The number of nitrogens with one attached hydrogen (secondary N) is 1. The Hall–Kier alpha value is -2.38. The molecule has 0 aromatic heterocycles. The number of ether oxygens (including phenoxy) is 3. The SMILES string of the molecule is CCCCC/C=C\C/C=C\CCCCCCCCCCCCCCCCCCCC(=O)OC1C(OCC(NC(=O)C(O)CCCCCCCCCC/C=C/CCCCCCCC)C(O)/C=C/CCCCCCCCCCCC)OC(CO)C(O)C1O. The molecule has 11 heteroatoms. The fraction of sp³-hybridized carbons (Fsp3) is 0.867. The Morgan fingerprint density at radius 1 is 0.453 bits per heavy atom. The Bertz CT molecular complexity index is 1590. The number of hydrogen-bond donors (Lipinski definition) is 6. The van der Waals surface area contributed by atoms with Crippen molar-refractivity contribution in [2.75, 3.05) is 13.2 Å². The molecule has 1 saturated heterocycles. The van der Waals surface area contributed by atoms with Crippen LogP contribution in [-0.4, -0.2) is 99.6 Å². The van der Waals surface area contributed by atoms with Crippen molar-refractivity contribution in [3.8, 4) is 0 Å². The van der Waals surface area contributed by atoms with Gasteiger partial charge in [0.05, 0.1) is 25.4 Å². The summed E-state index contributed by atoms with van der Waals surface area (Å²) in [7, 11) is 0.